The fourth-order valence-corrected chi connectivity index (χ4v) is 4.90. The average Bonchev–Trinajstić information content (AvgIpc) is 3.35. The van der Waals surface area contributed by atoms with Gasteiger partial charge in [0.05, 0.1) is 37.5 Å². The number of nitrogens with zero attached hydrogens (tertiary/aromatic N) is 2. The summed E-state index contributed by atoms with van der Waals surface area (Å²) in [4.78, 5) is 39.8. The fraction of sp³-hybridized carbons (Fsp3) is 0.286. The van der Waals surface area contributed by atoms with E-state index < -0.39 is 23.3 Å². The number of ether oxygens (including phenoxy) is 4. The van der Waals surface area contributed by atoms with Gasteiger partial charge in [0.1, 0.15) is 10.8 Å². The highest BCUT2D eigenvalue weighted by Crippen LogP contribution is 2.40. The summed E-state index contributed by atoms with van der Waals surface area (Å²) < 4.78 is 37.2. The lowest BCUT2D eigenvalue weighted by Gasteiger charge is -2.17. The second-order valence-electron chi connectivity index (χ2n) is 8.17. The van der Waals surface area contributed by atoms with E-state index in [1.165, 1.54) is 35.7 Å². The van der Waals surface area contributed by atoms with Gasteiger partial charge in [0.2, 0.25) is 5.75 Å². The van der Waals surface area contributed by atoms with Crippen LogP contribution in [-0.4, -0.2) is 48.1 Å². The van der Waals surface area contributed by atoms with Crippen LogP contribution in [0.2, 0.25) is 0 Å². The Balaban J connectivity index is 1.84. The number of halogens is 1. The second kappa shape index (κ2) is 12.6. The van der Waals surface area contributed by atoms with E-state index in [1.54, 1.807) is 20.8 Å². The summed E-state index contributed by atoms with van der Waals surface area (Å²) in [6, 6.07) is 8.29. The molecule has 0 aliphatic heterocycles. The molecule has 0 spiro atoms. The van der Waals surface area contributed by atoms with Crippen LogP contribution in [0.1, 0.15) is 48.5 Å². The van der Waals surface area contributed by atoms with Crippen molar-refractivity contribution in [2.24, 2.45) is 0 Å². The number of benzene rings is 2. The number of anilines is 1. The Bertz CT molecular complexity index is 1590. The summed E-state index contributed by atoms with van der Waals surface area (Å²) in [6.07, 6.45) is 0. The molecule has 4 rings (SSSR count). The lowest BCUT2D eigenvalue weighted by atomic mass is 10.1. The van der Waals surface area contributed by atoms with E-state index in [4.69, 9.17) is 18.9 Å². The molecule has 0 atom stereocenters. The van der Waals surface area contributed by atoms with Gasteiger partial charge in [-0.15, -0.1) is 11.3 Å². The molecule has 1 amide bonds. The van der Waals surface area contributed by atoms with E-state index in [0.717, 1.165) is 22.1 Å². The summed E-state index contributed by atoms with van der Waals surface area (Å²) in [7, 11) is 0. The molecule has 0 unspecified atom stereocenters. The number of hydrogen-bond donors (Lipinski definition) is 1. The topological polar surface area (TPSA) is 118 Å². The molecule has 1 N–H and O–H groups in total. The lowest BCUT2D eigenvalue weighted by Crippen LogP contribution is -2.25. The van der Waals surface area contributed by atoms with Gasteiger partial charge in [0.25, 0.3) is 11.5 Å². The Morgan fingerprint density at radius 2 is 1.65 bits per heavy atom. The quantitative estimate of drug-likeness (QED) is 0.245. The summed E-state index contributed by atoms with van der Waals surface area (Å²) in [6.45, 7) is 8.17. The van der Waals surface area contributed by atoms with Gasteiger partial charge in [0, 0.05) is 16.3 Å². The van der Waals surface area contributed by atoms with Crippen molar-refractivity contribution in [3.8, 4) is 22.9 Å². The van der Waals surface area contributed by atoms with E-state index in [1.807, 2.05) is 6.92 Å². The first kappa shape index (κ1) is 28.6. The van der Waals surface area contributed by atoms with E-state index >= 15 is 0 Å². The number of carbonyl (C=O) groups excluding carboxylic acids is 2. The standard InChI is InChI=1S/C28H28FN3O7S/c1-5-36-20-12-16(13-21(37-6-2)24(20)38-7-3)25(33)30-26-22-19(15-40-26)23(28(35)39-8-4)31-32(27(22)34)18-11-9-10-17(29)14-18/h9-15H,5-8H2,1-4H3,(H,30,33). The zero-order valence-electron chi connectivity index (χ0n) is 22.4. The number of rotatable bonds is 11. The molecule has 40 heavy (non-hydrogen) atoms. The number of hydrogen-bond acceptors (Lipinski definition) is 9. The van der Waals surface area contributed by atoms with E-state index in [9.17, 15) is 18.8 Å². The molecule has 0 saturated heterocycles. The van der Waals surface area contributed by atoms with E-state index in [2.05, 4.69) is 10.4 Å². The van der Waals surface area contributed by atoms with Crippen LogP contribution in [-0.2, 0) is 4.74 Å². The van der Waals surface area contributed by atoms with Gasteiger partial charge in [-0.05, 0) is 58.0 Å². The SMILES string of the molecule is CCOC(=O)c1nn(-c2cccc(F)c2)c(=O)c2c(NC(=O)c3cc(OCC)c(OCC)c(OCC)c3)scc12. The van der Waals surface area contributed by atoms with Crippen molar-refractivity contribution < 1.29 is 32.9 Å². The van der Waals surface area contributed by atoms with Crippen LogP contribution in [0.15, 0.2) is 46.6 Å². The monoisotopic (exact) mass is 569 g/mol. The first-order valence-electron chi connectivity index (χ1n) is 12.7. The Labute approximate surface area is 233 Å². The molecule has 12 heteroatoms. The van der Waals surface area contributed by atoms with Crippen LogP contribution < -0.4 is 25.1 Å². The number of esters is 1. The van der Waals surface area contributed by atoms with Crippen molar-refractivity contribution in [1.29, 1.82) is 0 Å². The van der Waals surface area contributed by atoms with Crippen molar-refractivity contribution in [1.82, 2.24) is 9.78 Å². The minimum Gasteiger partial charge on any atom is -0.490 e. The first-order valence-corrected chi connectivity index (χ1v) is 13.6. The molecular weight excluding hydrogens is 541 g/mol. The average molecular weight is 570 g/mol. The predicted octanol–water partition coefficient (Wildman–Crippen LogP) is 5.21. The maximum Gasteiger partial charge on any atom is 0.359 e. The van der Waals surface area contributed by atoms with Crippen molar-refractivity contribution in [2.45, 2.75) is 27.7 Å². The number of nitrogens with one attached hydrogen (secondary N) is 1. The fourth-order valence-electron chi connectivity index (χ4n) is 3.97. The highest BCUT2D eigenvalue weighted by molar-refractivity contribution is 7.16. The van der Waals surface area contributed by atoms with Gasteiger partial charge >= 0.3 is 5.97 Å². The highest BCUT2D eigenvalue weighted by atomic mass is 32.1. The van der Waals surface area contributed by atoms with Gasteiger partial charge < -0.3 is 24.3 Å². The molecule has 0 radical (unpaired) electrons. The van der Waals surface area contributed by atoms with Crippen molar-refractivity contribution in [3.63, 3.8) is 0 Å². The molecule has 4 aromatic rings. The largest absolute Gasteiger partial charge is 0.490 e. The van der Waals surface area contributed by atoms with Crippen LogP contribution >= 0.6 is 11.3 Å². The maximum atomic E-state index is 14.0. The molecule has 0 fully saturated rings. The molecule has 2 aromatic heterocycles. The minimum atomic E-state index is -0.762. The summed E-state index contributed by atoms with van der Waals surface area (Å²) in [5.41, 5.74) is -0.491. The minimum absolute atomic E-state index is 0.0293. The van der Waals surface area contributed by atoms with Crippen LogP contribution in [0.25, 0.3) is 16.5 Å². The van der Waals surface area contributed by atoms with Gasteiger partial charge in [-0.1, -0.05) is 6.07 Å². The van der Waals surface area contributed by atoms with E-state index in [-0.39, 0.29) is 39.3 Å². The van der Waals surface area contributed by atoms with Crippen molar-refractivity contribution >= 4 is 39.0 Å². The normalized spacial score (nSPS) is 10.8. The third kappa shape index (κ3) is 5.76. The first-order chi connectivity index (χ1) is 19.3. The number of amides is 1. The van der Waals surface area contributed by atoms with Crippen LogP contribution in [0.3, 0.4) is 0 Å². The molecule has 0 aliphatic rings. The van der Waals surface area contributed by atoms with Crippen molar-refractivity contribution in [3.05, 3.63) is 69.2 Å². The molecule has 10 nitrogen and oxygen atoms in total. The molecular formula is C28H28FN3O7S. The Morgan fingerprint density at radius 1 is 0.975 bits per heavy atom. The van der Waals surface area contributed by atoms with Gasteiger partial charge in [-0.25, -0.2) is 9.18 Å². The number of fused-ring (bicyclic) bond motifs is 1. The van der Waals surface area contributed by atoms with Crippen LogP contribution in [0.4, 0.5) is 9.39 Å². The molecule has 0 saturated carbocycles. The maximum absolute atomic E-state index is 14.0. The zero-order valence-corrected chi connectivity index (χ0v) is 23.2. The van der Waals surface area contributed by atoms with Crippen LogP contribution in [0.5, 0.6) is 17.2 Å². The molecule has 2 aromatic carbocycles. The summed E-state index contributed by atoms with van der Waals surface area (Å²) >= 11 is 1.04. The predicted molar refractivity (Wildman–Crippen MR) is 149 cm³/mol. The zero-order chi connectivity index (χ0) is 28.8. The Hall–Kier alpha value is -4.45. The Kier molecular flexibility index (Phi) is 9.00. The molecule has 0 aliphatic carbocycles. The third-order valence-corrected chi connectivity index (χ3v) is 6.47. The molecule has 210 valence electrons. The van der Waals surface area contributed by atoms with Gasteiger partial charge in [0.15, 0.2) is 17.2 Å². The van der Waals surface area contributed by atoms with E-state index in [0.29, 0.717) is 37.1 Å². The molecule has 2 heterocycles. The van der Waals surface area contributed by atoms with Gasteiger partial charge in [-0.2, -0.15) is 9.78 Å². The van der Waals surface area contributed by atoms with Crippen molar-refractivity contribution in [2.75, 3.05) is 31.7 Å². The highest BCUT2D eigenvalue weighted by Gasteiger charge is 2.25. The van der Waals surface area contributed by atoms with Gasteiger partial charge in [-0.3, -0.25) is 9.59 Å². The Morgan fingerprint density at radius 3 is 2.25 bits per heavy atom. The number of carbonyl (C=O) groups is 2. The van der Waals surface area contributed by atoms with Crippen LogP contribution in [0, 0.1) is 5.82 Å². The number of aromatic nitrogens is 2. The lowest BCUT2D eigenvalue weighted by molar-refractivity contribution is 0.0520. The summed E-state index contributed by atoms with van der Waals surface area (Å²) in [5, 5.41) is 8.89. The summed E-state index contributed by atoms with van der Waals surface area (Å²) in [5.74, 6) is -0.860. The third-order valence-electron chi connectivity index (χ3n) is 5.57. The second-order valence-corrected chi connectivity index (χ2v) is 9.05. The smallest absolute Gasteiger partial charge is 0.359 e. The molecule has 0 bridgehead atoms. The number of thiophene rings is 1.